The van der Waals surface area contributed by atoms with Crippen LogP contribution in [0.15, 0.2) is 42.5 Å². The summed E-state index contributed by atoms with van der Waals surface area (Å²) in [6.07, 6.45) is -9.70. The van der Waals surface area contributed by atoms with E-state index in [-0.39, 0.29) is 31.9 Å². The van der Waals surface area contributed by atoms with Crippen LogP contribution in [0.2, 0.25) is 0 Å². The highest BCUT2D eigenvalue weighted by atomic mass is 19.4. The van der Waals surface area contributed by atoms with Crippen LogP contribution < -0.4 is 0 Å². The van der Waals surface area contributed by atoms with Gasteiger partial charge in [0.1, 0.15) is 0 Å². The van der Waals surface area contributed by atoms with Crippen LogP contribution in [0.3, 0.4) is 0 Å². The maximum absolute atomic E-state index is 12.2. The highest BCUT2D eigenvalue weighted by molar-refractivity contribution is 5.83. The molecule has 0 spiro atoms. The lowest BCUT2D eigenvalue weighted by Gasteiger charge is -2.16. The second-order valence-corrected chi connectivity index (χ2v) is 7.53. The molecule has 0 radical (unpaired) electrons. The van der Waals surface area contributed by atoms with Gasteiger partial charge in [-0.25, -0.2) is 0 Å². The average Bonchev–Trinajstić information content (AvgIpc) is 3.40. The molecule has 0 aliphatic carbocycles. The van der Waals surface area contributed by atoms with Gasteiger partial charge in [0, 0.05) is 38.3 Å². The first-order valence-corrected chi connectivity index (χ1v) is 9.89. The van der Waals surface area contributed by atoms with Crippen LogP contribution in [0, 0.1) is 20.2 Å². The smallest absolute Gasteiger partial charge is 0.328 e. The van der Waals surface area contributed by atoms with E-state index in [1.807, 2.05) is 0 Å². The predicted octanol–water partition coefficient (Wildman–Crippen LogP) is 3.74. The Morgan fingerprint density at radius 1 is 0.730 bits per heavy atom. The molecule has 17 heteroatoms. The van der Waals surface area contributed by atoms with Crippen molar-refractivity contribution in [1.82, 2.24) is 9.80 Å². The lowest BCUT2D eigenvalue weighted by Crippen LogP contribution is -2.37. The van der Waals surface area contributed by atoms with Crippen molar-refractivity contribution in [2.75, 3.05) is 0 Å². The van der Waals surface area contributed by atoms with E-state index < -0.39 is 34.2 Å². The molecule has 0 fully saturated rings. The number of benzene rings is 2. The molecule has 200 valence electrons. The van der Waals surface area contributed by atoms with Crippen LogP contribution in [0.25, 0.3) is 0 Å². The maximum Gasteiger partial charge on any atom is 0.471 e. The monoisotopic (exact) mass is 538 g/mol. The minimum atomic E-state index is -4.92. The number of nitro groups is 1. The van der Waals surface area contributed by atoms with Gasteiger partial charge in [0.25, 0.3) is 10.8 Å². The van der Waals surface area contributed by atoms with Gasteiger partial charge in [-0.1, -0.05) is 30.3 Å². The number of nitro benzene ring substituents is 1. The fourth-order valence-corrected chi connectivity index (χ4v) is 3.47. The maximum atomic E-state index is 12.2. The van der Waals surface area contributed by atoms with Gasteiger partial charge in [0.15, 0.2) is 0 Å². The Hall–Kier alpha value is -4.44. The minimum Gasteiger partial charge on any atom is -0.328 e. The standard InChI is InChI=1S/C10H7F3N2O3.C10H8F3NO.HNO3/c11-10(12,13)9(16)14-4-6-1-2-8(15(17)18)3-7(6)5-14;11-10(12,13)9(15)14-5-7-3-1-2-4-8(7)6-14;2-1(3)4/h1-3H,4-5H2;1-4H,5-6H2;(H,2,3,4). The molecule has 0 saturated carbocycles. The number of amides is 2. The molecule has 2 aliphatic heterocycles. The van der Waals surface area contributed by atoms with Gasteiger partial charge in [-0.2, -0.15) is 26.3 Å². The van der Waals surface area contributed by atoms with Gasteiger partial charge in [-0.15, -0.1) is 10.1 Å². The van der Waals surface area contributed by atoms with Crippen LogP contribution in [-0.2, 0) is 35.8 Å². The lowest BCUT2D eigenvalue weighted by molar-refractivity contribution is -0.742. The zero-order chi connectivity index (χ0) is 28.1. The topological polar surface area (TPSA) is 147 Å². The van der Waals surface area contributed by atoms with Crippen molar-refractivity contribution in [3.8, 4) is 0 Å². The van der Waals surface area contributed by atoms with E-state index in [1.54, 1.807) is 24.3 Å². The summed E-state index contributed by atoms with van der Waals surface area (Å²) in [5.74, 6) is -3.69. The lowest BCUT2D eigenvalue weighted by atomic mass is 10.1. The first-order valence-electron chi connectivity index (χ1n) is 9.89. The van der Waals surface area contributed by atoms with Gasteiger partial charge in [0.05, 0.1) is 4.92 Å². The summed E-state index contributed by atoms with van der Waals surface area (Å²) in [5.41, 5.74) is 2.25. The Balaban J connectivity index is 0.000000230. The van der Waals surface area contributed by atoms with E-state index >= 15 is 0 Å². The molecule has 0 bridgehead atoms. The zero-order valence-corrected chi connectivity index (χ0v) is 18.3. The largest absolute Gasteiger partial charge is 0.471 e. The second-order valence-electron chi connectivity index (χ2n) is 7.53. The molecule has 2 aromatic rings. The van der Waals surface area contributed by atoms with Gasteiger partial charge in [-0.05, 0) is 22.3 Å². The van der Waals surface area contributed by atoms with Crippen molar-refractivity contribution in [3.05, 3.63) is 84.9 Å². The molecular weight excluding hydrogens is 522 g/mol. The molecule has 2 heterocycles. The Bertz CT molecular complexity index is 1170. The van der Waals surface area contributed by atoms with Gasteiger partial charge >= 0.3 is 24.2 Å². The van der Waals surface area contributed by atoms with E-state index in [4.69, 9.17) is 15.3 Å². The number of non-ortho nitro benzene ring substituents is 1. The van der Waals surface area contributed by atoms with E-state index in [9.17, 15) is 46.0 Å². The molecule has 2 amide bonds. The summed E-state index contributed by atoms with van der Waals surface area (Å²) in [4.78, 5) is 41.6. The fourth-order valence-electron chi connectivity index (χ4n) is 3.47. The summed E-state index contributed by atoms with van der Waals surface area (Å²) in [6, 6.07) is 10.7. The summed E-state index contributed by atoms with van der Waals surface area (Å²) in [7, 11) is 0. The summed E-state index contributed by atoms with van der Waals surface area (Å²) in [5, 5.41) is 24.2. The third-order valence-corrected chi connectivity index (χ3v) is 5.02. The van der Waals surface area contributed by atoms with E-state index in [1.165, 1.54) is 18.2 Å². The first-order chi connectivity index (χ1) is 17.0. The zero-order valence-electron chi connectivity index (χ0n) is 18.3. The van der Waals surface area contributed by atoms with Crippen molar-refractivity contribution in [1.29, 1.82) is 0 Å². The average molecular weight is 538 g/mol. The number of carbonyl (C=O) groups excluding carboxylic acids is 2. The van der Waals surface area contributed by atoms with Gasteiger partial charge in [0.2, 0.25) is 0 Å². The van der Waals surface area contributed by atoms with Gasteiger partial charge < -0.3 is 15.0 Å². The first kappa shape index (κ1) is 28.8. The number of fused-ring (bicyclic) bond motifs is 2. The number of hydrogen-bond donors (Lipinski definition) is 1. The second kappa shape index (κ2) is 11.1. The van der Waals surface area contributed by atoms with Crippen molar-refractivity contribution in [3.63, 3.8) is 0 Å². The Labute approximate surface area is 202 Å². The van der Waals surface area contributed by atoms with Crippen LogP contribution in [-0.4, -0.2) is 49.2 Å². The number of alkyl halides is 6. The SMILES string of the molecule is O=C(N1Cc2ccc([N+](=O)[O-])cc2C1)C(F)(F)F.O=C(N1Cc2ccccc2C1)C(F)(F)F.O=[N+]([O-])O. The minimum absolute atomic E-state index is 0.0501. The fraction of sp³-hybridized carbons (Fsp3) is 0.300. The van der Waals surface area contributed by atoms with Crippen molar-refractivity contribution in [2.45, 2.75) is 38.5 Å². The Kier molecular flexibility index (Phi) is 8.63. The normalized spacial score (nSPS) is 13.9. The molecule has 2 aliphatic rings. The van der Waals surface area contributed by atoms with Crippen LogP contribution in [0.1, 0.15) is 22.3 Å². The van der Waals surface area contributed by atoms with Crippen molar-refractivity contribution < 1.29 is 51.1 Å². The van der Waals surface area contributed by atoms with E-state index in [0.29, 0.717) is 16.0 Å². The van der Waals surface area contributed by atoms with Crippen LogP contribution in [0.5, 0.6) is 0 Å². The molecule has 2 aromatic carbocycles. The molecule has 4 rings (SSSR count). The Morgan fingerprint density at radius 3 is 1.43 bits per heavy atom. The molecule has 0 unspecified atom stereocenters. The van der Waals surface area contributed by atoms with Crippen LogP contribution >= 0.6 is 0 Å². The number of nitrogens with zero attached hydrogens (tertiary/aromatic N) is 4. The quantitative estimate of drug-likeness (QED) is 0.331. The third-order valence-electron chi connectivity index (χ3n) is 5.02. The highest BCUT2D eigenvalue weighted by Gasteiger charge is 2.45. The van der Waals surface area contributed by atoms with Crippen molar-refractivity contribution >= 4 is 17.5 Å². The van der Waals surface area contributed by atoms with Gasteiger partial charge in [-0.3, -0.25) is 19.7 Å². The Morgan fingerprint density at radius 2 is 1.08 bits per heavy atom. The van der Waals surface area contributed by atoms with E-state index in [0.717, 1.165) is 16.0 Å². The van der Waals surface area contributed by atoms with E-state index in [2.05, 4.69) is 0 Å². The molecular formula is C20H16F6N4O7. The third kappa shape index (κ3) is 7.77. The molecule has 1 N–H and O–H groups in total. The summed E-state index contributed by atoms with van der Waals surface area (Å²) >= 11 is 0. The number of rotatable bonds is 1. The molecule has 11 nitrogen and oxygen atoms in total. The molecule has 0 atom stereocenters. The molecule has 37 heavy (non-hydrogen) atoms. The summed E-state index contributed by atoms with van der Waals surface area (Å²) in [6.45, 7) is -0.329. The number of halogens is 6. The number of hydrogen-bond acceptors (Lipinski definition) is 6. The highest BCUT2D eigenvalue weighted by Crippen LogP contribution is 2.30. The van der Waals surface area contributed by atoms with Crippen LogP contribution in [0.4, 0.5) is 32.0 Å². The number of carbonyl (C=O) groups is 2. The van der Waals surface area contributed by atoms with Crippen molar-refractivity contribution in [2.24, 2.45) is 0 Å². The molecule has 0 aromatic heterocycles. The predicted molar refractivity (Wildman–Crippen MR) is 109 cm³/mol. The molecule has 0 saturated heterocycles. The summed E-state index contributed by atoms with van der Waals surface area (Å²) < 4.78 is 73.1.